The molecular weight excluding hydrogens is 322 g/mol. The third kappa shape index (κ3) is 3.16. The van der Waals surface area contributed by atoms with Gasteiger partial charge in [-0.3, -0.25) is 4.79 Å². The van der Waals surface area contributed by atoms with Gasteiger partial charge in [-0.15, -0.1) is 0 Å². The number of hydrogen-bond acceptors (Lipinski definition) is 3. The van der Waals surface area contributed by atoms with E-state index in [0.29, 0.717) is 16.8 Å². The highest BCUT2D eigenvalue weighted by atomic mass is 79.9. The van der Waals surface area contributed by atoms with Gasteiger partial charge >= 0.3 is 0 Å². The van der Waals surface area contributed by atoms with Crippen molar-refractivity contribution >= 4 is 33.4 Å². The number of nitrogens with zero attached hydrogens (tertiary/aromatic N) is 1. The second-order valence-corrected chi connectivity index (χ2v) is 4.91. The van der Waals surface area contributed by atoms with E-state index in [4.69, 9.17) is 10.9 Å². The number of hydrogen-bond donors (Lipinski definition) is 3. The van der Waals surface area contributed by atoms with E-state index in [1.807, 2.05) is 6.07 Å². The molecule has 0 aliphatic rings. The molecule has 5 nitrogen and oxygen atoms in total. The first-order chi connectivity index (χ1) is 9.61. The Balaban J connectivity index is 2.32. The lowest BCUT2D eigenvalue weighted by Crippen LogP contribution is -2.19. The van der Waals surface area contributed by atoms with Crippen LogP contribution in [-0.4, -0.2) is 17.0 Å². The predicted octanol–water partition coefficient (Wildman–Crippen LogP) is 2.80. The zero-order valence-electron chi connectivity index (χ0n) is 10.4. The zero-order valence-corrected chi connectivity index (χ0v) is 12.0. The number of halogens is 1. The molecule has 0 unspecified atom stereocenters. The Morgan fingerprint density at radius 3 is 2.55 bits per heavy atom. The number of amides is 1. The number of rotatable bonds is 3. The molecular formula is C14H12BrN3O2. The zero-order chi connectivity index (χ0) is 14.5. The lowest BCUT2D eigenvalue weighted by Gasteiger charge is -2.10. The molecule has 0 bridgehead atoms. The van der Waals surface area contributed by atoms with Crippen LogP contribution in [0.15, 0.2) is 58.2 Å². The first-order valence-corrected chi connectivity index (χ1v) is 6.55. The predicted molar refractivity (Wildman–Crippen MR) is 81.0 cm³/mol. The minimum absolute atomic E-state index is 0.0744. The maximum atomic E-state index is 12.1. The number of carbonyl (C=O) groups is 1. The summed E-state index contributed by atoms with van der Waals surface area (Å²) in [4.78, 5) is 12.1. The van der Waals surface area contributed by atoms with Gasteiger partial charge in [0.2, 0.25) is 0 Å². The fourth-order valence-corrected chi connectivity index (χ4v) is 2.04. The molecule has 0 heterocycles. The van der Waals surface area contributed by atoms with E-state index in [2.05, 4.69) is 26.4 Å². The molecule has 1 amide bonds. The quantitative estimate of drug-likeness (QED) is 0.349. The first-order valence-electron chi connectivity index (χ1n) is 5.75. The molecule has 2 rings (SSSR count). The van der Waals surface area contributed by atoms with E-state index in [1.165, 1.54) is 0 Å². The number of anilines is 1. The fourth-order valence-electron chi connectivity index (χ4n) is 1.68. The van der Waals surface area contributed by atoms with Crippen LogP contribution in [0.25, 0.3) is 0 Å². The Hall–Kier alpha value is -2.34. The van der Waals surface area contributed by atoms with E-state index in [-0.39, 0.29) is 11.7 Å². The maximum Gasteiger partial charge on any atom is 0.255 e. The first kappa shape index (κ1) is 14.1. The van der Waals surface area contributed by atoms with Crippen molar-refractivity contribution in [3.05, 3.63) is 64.1 Å². The summed E-state index contributed by atoms with van der Waals surface area (Å²) in [6, 6.07) is 13.9. The summed E-state index contributed by atoms with van der Waals surface area (Å²) in [6.07, 6.45) is 0. The Bertz CT molecular complexity index is 657. The summed E-state index contributed by atoms with van der Waals surface area (Å²) in [5.41, 5.74) is 7.04. The normalized spacial score (nSPS) is 11.2. The van der Waals surface area contributed by atoms with Crippen LogP contribution in [-0.2, 0) is 0 Å². The van der Waals surface area contributed by atoms with Crippen molar-refractivity contribution in [2.24, 2.45) is 10.9 Å². The lowest BCUT2D eigenvalue weighted by molar-refractivity contribution is 0.102. The van der Waals surface area contributed by atoms with Crippen LogP contribution >= 0.6 is 15.9 Å². The van der Waals surface area contributed by atoms with E-state index >= 15 is 0 Å². The molecule has 20 heavy (non-hydrogen) atoms. The highest BCUT2D eigenvalue weighted by molar-refractivity contribution is 9.10. The lowest BCUT2D eigenvalue weighted by atomic mass is 10.1. The number of amidine groups is 1. The van der Waals surface area contributed by atoms with E-state index < -0.39 is 0 Å². The van der Waals surface area contributed by atoms with Gasteiger partial charge in [0.25, 0.3) is 5.91 Å². The minimum atomic E-state index is -0.264. The molecule has 0 saturated heterocycles. The Kier molecular flexibility index (Phi) is 4.37. The highest BCUT2D eigenvalue weighted by Gasteiger charge is 2.12. The second kappa shape index (κ2) is 6.21. The largest absolute Gasteiger partial charge is 0.409 e. The van der Waals surface area contributed by atoms with Gasteiger partial charge in [0.15, 0.2) is 5.84 Å². The average Bonchev–Trinajstić information content (AvgIpc) is 2.49. The number of benzene rings is 2. The molecule has 0 aromatic heterocycles. The van der Waals surface area contributed by atoms with Crippen molar-refractivity contribution in [2.75, 3.05) is 5.32 Å². The SMILES string of the molecule is N/C(=N/O)c1cc(Br)ccc1NC(=O)c1ccccc1. The molecule has 4 N–H and O–H groups in total. The molecule has 2 aromatic rings. The smallest absolute Gasteiger partial charge is 0.255 e. The Morgan fingerprint density at radius 2 is 1.90 bits per heavy atom. The van der Waals surface area contributed by atoms with Crippen molar-refractivity contribution in [1.82, 2.24) is 0 Å². The molecule has 0 aliphatic heterocycles. The molecule has 102 valence electrons. The van der Waals surface area contributed by atoms with Crippen LogP contribution in [0.3, 0.4) is 0 Å². The molecule has 6 heteroatoms. The van der Waals surface area contributed by atoms with E-state index in [1.54, 1.807) is 42.5 Å². The molecule has 0 atom stereocenters. The summed E-state index contributed by atoms with van der Waals surface area (Å²) < 4.78 is 0.761. The molecule has 0 spiro atoms. The summed E-state index contributed by atoms with van der Waals surface area (Å²) >= 11 is 3.30. The number of nitrogens with two attached hydrogens (primary N) is 1. The highest BCUT2D eigenvalue weighted by Crippen LogP contribution is 2.21. The molecule has 2 aromatic carbocycles. The van der Waals surface area contributed by atoms with Gasteiger partial charge in [0.1, 0.15) is 0 Å². The standard InChI is InChI=1S/C14H12BrN3O2/c15-10-6-7-12(11(8-10)13(16)18-20)17-14(19)9-4-2-1-3-5-9/h1-8,20H,(H2,16,18)(H,17,19). The summed E-state index contributed by atoms with van der Waals surface area (Å²) in [7, 11) is 0. The van der Waals surface area contributed by atoms with Crippen LogP contribution in [0.5, 0.6) is 0 Å². The number of carbonyl (C=O) groups excluding carboxylic acids is 1. The van der Waals surface area contributed by atoms with Crippen LogP contribution in [0.1, 0.15) is 15.9 Å². The number of oxime groups is 1. The third-order valence-corrected chi connectivity index (χ3v) is 3.14. The molecule has 0 radical (unpaired) electrons. The third-order valence-electron chi connectivity index (χ3n) is 2.65. The molecule has 0 saturated carbocycles. The molecule has 0 fully saturated rings. The molecule has 0 aliphatic carbocycles. The fraction of sp³-hybridized carbons (Fsp3) is 0. The van der Waals surface area contributed by atoms with Gasteiger partial charge < -0.3 is 16.3 Å². The Morgan fingerprint density at radius 1 is 1.20 bits per heavy atom. The van der Waals surface area contributed by atoms with Crippen LogP contribution in [0, 0.1) is 0 Å². The van der Waals surface area contributed by atoms with Crippen molar-refractivity contribution in [3.8, 4) is 0 Å². The maximum absolute atomic E-state index is 12.1. The van der Waals surface area contributed by atoms with E-state index in [9.17, 15) is 4.79 Å². The van der Waals surface area contributed by atoms with Crippen LogP contribution in [0.4, 0.5) is 5.69 Å². The monoisotopic (exact) mass is 333 g/mol. The average molecular weight is 334 g/mol. The number of nitrogens with one attached hydrogen (secondary N) is 1. The van der Waals surface area contributed by atoms with Gasteiger partial charge in [-0.2, -0.15) is 0 Å². The summed E-state index contributed by atoms with van der Waals surface area (Å²) in [5, 5.41) is 14.5. The van der Waals surface area contributed by atoms with Crippen LogP contribution in [0.2, 0.25) is 0 Å². The van der Waals surface area contributed by atoms with Gasteiger partial charge in [-0.25, -0.2) is 0 Å². The van der Waals surface area contributed by atoms with Crippen molar-refractivity contribution < 1.29 is 10.0 Å². The van der Waals surface area contributed by atoms with Crippen molar-refractivity contribution in [1.29, 1.82) is 0 Å². The summed E-state index contributed by atoms with van der Waals surface area (Å²) in [5.74, 6) is -0.338. The second-order valence-electron chi connectivity index (χ2n) is 4.00. The van der Waals surface area contributed by atoms with Gasteiger partial charge in [-0.05, 0) is 30.3 Å². The van der Waals surface area contributed by atoms with Crippen LogP contribution < -0.4 is 11.1 Å². The van der Waals surface area contributed by atoms with Crippen molar-refractivity contribution in [3.63, 3.8) is 0 Å². The summed E-state index contributed by atoms with van der Waals surface area (Å²) in [6.45, 7) is 0. The van der Waals surface area contributed by atoms with Gasteiger partial charge in [-0.1, -0.05) is 39.3 Å². The minimum Gasteiger partial charge on any atom is -0.409 e. The van der Waals surface area contributed by atoms with Gasteiger partial charge in [0, 0.05) is 15.6 Å². The topological polar surface area (TPSA) is 87.7 Å². The Labute approximate surface area is 124 Å². The van der Waals surface area contributed by atoms with Gasteiger partial charge in [0.05, 0.1) is 5.69 Å². The van der Waals surface area contributed by atoms with Crippen molar-refractivity contribution in [2.45, 2.75) is 0 Å². The van der Waals surface area contributed by atoms with E-state index in [0.717, 1.165) is 4.47 Å².